The smallest absolute Gasteiger partial charge is 0.415 e. The summed E-state index contributed by atoms with van der Waals surface area (Å²) in [5, 5.41) is 2.41. The van der Waals surface area contributed by atoms with Gasteiger partial charge in [0, 0.05) is 25.2 Å². The molecule has 0 bridgehead atoms. The zero-order valence-corrected chi connectivity index (χ0v) is 13.5. The summed E-state index contributed by atoms with van der Waals surface area (Å²) in [6.07, 6.45) is -0.0296. The minimum absolute atomic E-state index is 0.00452. The van der Waals surface area contributed by atoms with Gasteiger partial charge >= 0.3 is 6.09 Å². The normalized spacial score (nSPS) is 22.4. The highest BCUT2D eigenvalue weighted by Gasteiger charge is 2.41. The summed E-state index contributed by atoms with van der Waals surface area (Å²) in [5.74, 6) is -1.15. The summed E-state index contributed by atoms with van der Waals surface area (Å²) in [5.41, 5.74) is 0.329. The van der Waals surface area contributed by atoms with E-state index in [4.69, 9.17) is 9.47 Å². The molecule has 1 saturated heterocycles. The van der Waals surface area contributed by atoms with E-state index in [0.717, 1.165) is 18.9 Å². The number of benzene rings is 1. The van der Waals surface area contributed by atoms with Crippen LogP contribution in [0.25, 0.3) is 0 Å². The molecule has 1 aliphatic carbocycles. The highest BCUT2D eigenvalue weighted by Crippen LogP contribution is 2.43. The van der Waals surface area contributed by atoms with Crippen LogP contribution in [0.5, 0.6) is 5.75 Å². The second-order valence-corrected chi connectivity index (χ2v) is 6.16. The molecule has 1 aromatic rings. The van der Waals surface area contributed by atoms with E-state index in [0.29, 0.717) is 0 Å². The fourth-order valence-electron chi connectivity index (χ4n) is 3.08. The van der Waals surface area contributed by atoms with Crippen molar-refractivity contribution in [2.75, 3.05) is 30.0 Å². The first-order valence-corrected chi connectivity index (χ1v) is 7.97. The van der Waals surface area contributed by atoms with Crippen molar-refractivity contribution in [3.05, 3.63) is 17.9 Å². The number of nitrogens with zero attached hydrogens (tertiary/aromatic N) is 2. The summed E-state index contributed by atoms with van der Waals surface area (Å²) in [6, 6.07) is 2.65. The number of fused-ring (bicyclic) bond motifs is 1. The van der Waals surface area contributed by atoms with E-state index in [1.165, 1.54) is 22.9 Å². The van der Waals surface area contributed by atoms with Crippen LogP contribution in [0, 0.1) is 5.82 Å². The van der Waals surface area contributed by atoms with Gasteiger partial charge in [0.25, 0.3) is 11.8 Å². The van der Waals surface area contributed by atoms with Crippen LogP contribution in [-0.2, 0) is 14.3 Å². The molecule has 4 rings (SSSR count). The van der Waals surface area contributed by atoms with Crippen molar-refractivity contribution in [2.24, 2.45) is 0 Å². The van der Waals surface area contributed by atoms with Gasteiger partial charge in [0.1, 0.15) is 11.4 Å². The number of ether oxygens (including phenoxy) is 2. The lowest BCUT2D eigenvalue weighted by atomic mass is 10.1. The van der Waals surface area contributed by atoms with Gasteiger partial charge in [-0.25, -0.2) is 9.18 Å². The lowest BCUT2D eigenvalue weighted by Gasteiger charge is -2.30. The third kappa shape index (κ3) is 2.55. The molecule has 0 spiro atoms. The Morgan fingerprint density at radius 1 is 1.32 bits per heavy atom. The number of cyclic esters (lactones) is 1. The van der Waals surface area contributed by atoms with Crippen molar-refractivity contribution in [3.8, 4) is 5.75 Å². The Kier molecular flexibility index (Phi) is 3.52. The average Bonchev–Trinajstić information content (AvgIpc) is 3.35. The monoisotopic (exact) mass is 349 g/mol. The Morgan fingerprint density at radius 3 is 2.76 bits per heavy atom. The van der Waals surface area contributed by atoms with E-state index >= 15 is 0 Å². The number of hydrogen-bond acceptors (Lipinski definition) is 5. The summed E-state index contributed by atoms with van der Waals surface area (Å²) in [6.45, 7) is -0.195. The molecule has 0 unspecified atom stereocenters. The molecule has 3 aliphatic rings. The van der Waals surface area contributed by atoms with Crippen LogP contribution >= 0.6 is 0 Å². The van der Waals surface area contributed by atoms with Crippen LogP contribution in [-0.4, -0.2) is 50.3 Å². The number of nitrogens with one attached hydrogen (secondary N) is 1. The molecule has 2 fully saturated rings. The molecule has 2 heterocycles. The Balaban J connectivity index is 1.67. The Morgan fingerprint density at radius 2 is 2.08 bits per heavy atom. The summed E-state index contributed by atoms with van der Waals surface area (Å²) >= 11 is 0. The van der Waals surface area contributed by atoms with Crippen LogP contribution in [0.4, 0.5) is 20.6 Å². The van der Waals surface area contributed by atoms with Gasteiger partial charge < -0.3 is 19.7 Å². The fraction of sp³-hybridized carbons (Fsp3) is 0.438. The van der Waals surface area contributed by atoms with Gasteiger partial charge in [0.2, 0.25) is 0 Å². The summed E-state index contributed by atoms with van der Waals surface area (Å²) < 4.78 is 25.1. The van der Waals surface area contributed by atoms with Gasteiger partial charge in [-0.05, 0) is 12.8 Å². The van der Waals surface area contributed by atoms with E-state index in [1.54, 1.807) is 0 Å². The van der Waals surface area contributed by atoms with Gasteiger partial charge in [-0.3, -0.25) is 14.5 Å². The minimum Gasteiger partial charge on any atom is -0.481 e. The largest absolute Gasteiger partial charge is 0.481 e. The van der Waals surface area contributed by atoms with Gasteiger partial charge in [-0.2, -0.15) is 0 Å². The van der Waals surface area contributed by atoms with E-state index in [9.17, 15) is 18.8 Å². The fourth-order valence-corrected chi connectivity index (χ4v) is 3.08. The molecule has 1 atom stereocenters. The molecule has 1 aromatic carbocycles. The van der Waals surface area contributed by atoms with Crippen molar-refractivity contribution in [2.45, 2.75) is 25.0 Å². The lowest BCUT2D eigenvalue weighted by Crippen LogP contribution is -2.41. The van der Waals surface area contributed by atoms with E-state index in [1.807, 2.05) is 0 Å². The topological polar surface area (TPSA) is 88.2 Å². The van der Waals surface area contributed by atoms with Crippen molar-refractivity contribution in [1.29, 1.82) is 0 Å². The second kappa shape index (κ2) is 5.61. The van der Waals surface area contributed by atoms with Crippen LogP contribution in [0.3, 0.4) is 0 Å². The Labute approximate surface area is 142 Å². The number of amides is 3. The number of halogens is 1. The first-order valence-electron chi connectivity index (χ1n) is 7.97. The van der Waals surface area contributed by atoms with E-state index in [2.05, 4.69) is 5.32 Å². The van der Waals surface area contributed by atoms with Gasteiger partial charge in [-0.15, -0.1) is 0 Å². The standard InChI is InChI=1S/C16H16FN3O5/c1-18-15(22)12-6-19(16(23)25-12)9-4-10(17)14-11(5-9)24-7-13(21)20(14)8-2-3-8/h4-5,8,12H,2-3,6-7H2,1H3,(H,18,22)/t12-/m1/s1. The van der Waals surface area contributed by atoms with Gasteiger partial charge in [0.15, 0.2) is 18.5 Å². The summed E-state index contributed by atoms with van der Waals surface area (Å²) in [7, 11) is 1.44. The van der Waals surface area contributed by atoms with Crippen molar-refractivity contribution < 1.29 is 28.2 Å². The number of rotatable bonds is 3. The zero-order valence-electron chi connectivity index (χ0n) is 13.5. The number of carbonyl (C=O) groups excluding carboxylic acids is 3. The molecule has 1 N–H and O–H groups in total. The van der Waals surface area contributed by atoms with Crippen LogP contribution in [0.1, 0.15) is 12.8 Å². The highest BCUT2D eigenvalue weighted by molar-refractivity contribution is 6.00. The molecular weight excluding hydrogens is 333 g/mol. The molecule has 1 saturated carbocycles. The van der Waals surface area contributed by atoms with E-state index in [-0.39, 0.29) is 42.2 Å². The first kappa shape index (κ1) is 15.7. The molecule has 8 nitrogen and oxygen atoms in total. The van der Waals surface area contributed by atoms with Crippen LogP contribution in [0.15, 0.2) is 12.1 Å². The molecule has 25 heavy (non-hydrogen) atoms. The molecule has 0 aromatic heterocycles. The number of carbonyl (C=O) groups is 3. The van der Waals surface area contributed by atoms with Crippen molar-refractivity contribution in [1.82, 2.24) is 5.32 Å². The van der Waals surface area contributed by atoms with Crippen molar-refractivity contribution in [3.63, 3.8) is 0 Å². The average molecular weight is 349 g/mol. The predicted octanol–water partition coefficient (Wildman–Crippen LogP) is 0.785. The maximum atomic E-state index is 14.7. The maximum absolute atomic E-state index is 14.7. The SMILES string of the molecule is CNC(=O)[C@H]1CN(c2cc(F)c3c(c2)OCC(=O)N3C2CC2)C(=O)O1. The summed E-state index contributed by atoms with van der Waals surface area (Å²) in [4.78, 5) is 38.3. The third-order valence-corrected chi connectivity index (χ3v) is 4.45. The molecule has 3 amide bonds. The Bertz CT molecular complexity index is 779. The van der Waals surface area contributed by atoms with Crippen LogP contribution < -0.4 is 19.9 Å². The number of hydrogen-bond donors (Lipinski definition) is 1. The minimum atomic E-state index is -0.956. The quantitative estimate of drug-likeness (QED) is 0.871. The molecule has 9 heteroatoms. The van der Waals surface area contributed by atoms with Crippen LogP contribution in [0.2, 0.25) is 0 Å². The predicted molar refractivity (Wildman–Crippen MR) is 84.1 cm³/mol. The maximum Gasteiger partial charge on any atom is 0.415 e. The van der Waals surface area contributed by atoms with E-state index < -0.39 is 23.9 Å². The zero-order chi connectivity index (χ0) is 17.7. The molecule has 0 radical (unpaired) electrons. The van der Waals surface area contributed by atoms with Crippen molar-refractivity contribution >= 4 is 29.3 Å². The molecule has 2 aliphatic heterocycles. The van der Waals surface area contributed by atoms with Gasteiger partial charge in [-0.1, -0.05) is 0 Å². The van der Waals surface area contributed by atoms with Gasteiger partial charge in [0.05, 0.1) is 12.2 Å². The molecular formula is C16H16FN3O5. The molecule has 132 valence electrons. The first-order chi connectivity index (χ1) is 12.0. The lowest BCUT2D eigenvalue weighted by molar-refractivity contribution is -0.127. The third-order valence-electron chi connectivity index (χ3n) is 4.45. The second-order valence-electron chi connectivity index (χ2n) is 6.16. The number of anilines is 2. The Hall–Kier alpha value is -2.84. The number of likely N-dealkylation sites (N-methyl/N-ethyl adjacent to an activating group) is 1. The highest BCUT2D eigenvalue weighted by atomic mass is 19.1.